The molecular formula is C18H15N3O6. The van der Waals surface area contributed by atoms with Gasteiger partial charge < -0.3 is 20.5 Å². The van der Waals surface area contributed by atoms with Crippen LogP contribution in [0.15, 0.2) is 42.5 Å². The Morgan fingerprint density at radius 3 is 2.52 bits per heavy atom. The van der Waals surface area contributed by atoms with Gasteiger partial charge in [0.25, 0.3) is 5.69 Å². The number of carboxylic acids is 2. The van der Waals surface area contributed by atoms with Gasteiger partial charge in [0.05, 0.1) is 10.5 Å². The number of nitrogens with one attached hydrogen (secondary N) is 2. The largest absolute Gasteiger partial charge is 0.478 e. The lowest BCUT2D eigenvalue weighted by Crippen LogP contribution is -2.11. The summed E-state index contributed by atoms with van der Waals surface area (Å²) in [4.78, 5) is 35.9. The highest BCUT2D eigenvalue weighted by molar-refractivity contribution is 5.97. The van der Waals surface area contributed by atoms with E-state index in [1.54, 1.807) is 18.2 Å². The van der Waals surface area contributed by atoms with Gasteiger partial charge in [-0.1, -0.05) is 18.2 Å². The van der Waals surface area contributed by atoms with Crippen LogP contribution < -0.4 is 5.32 Å². The monoisotopic (exact) mass is 369 g/mol. The summed E-state index contributed by atoms with van der Waals surface area (Å²) in [5.41, 5.74) is 1.07. The van der Waals surface area contributed by atoms with Crippen LogP contribution in [0, 0.1) is 10.1 Å². The molecule has 0 saturated heterocycles. The number of para-hydroxylation sites is 1. The summed E-state index contributed by atoms with van der Waals surface area (Å²) in [6, 6.07) is 10.7. The first kappa shape index (κ1) is 17.9. The second kappa shape index (κ2) is 7.16. The Kier molecular flexibility index (Phi) is 4.75. The van der Waals surface area contributed by atoms with Crippen LogP contribution in [0.4, 0.5) is 11.4 Å². The number of fused-ring (bicyclic) bond motifs is 1. The van der Waals surface area contributed by atoms with Crippen molar-refractivity contribution >= 4 is 34.2 Å². The molecule has 1 heterocycles. The van der Waals surface area contributed by atoms with Gasteiger partial charge in [0, 0.05) is 35.3 Å². The SMILES string of the molecule is O=C(O)c1cc([N+](=O)[O-])ccc1NCCc1c(C(=O)O)[nH]c2ccccc12. The lowest BCUT2D eigenvalue weighted by molar-refractivity contribution is -0.384. The number of benzene rings is 2. The van der Waals surface area contributed by atoms with E-state index in [9.17, 15) is 29.9 Å². The molecule has 9 heteroatoms. The lowest BCUT2D eigenvalue weighted by atomic mass is 10.1. The number of rotatable bonds is 7. The first-order chi connectivity index (χ1) is 12.9. The molecule has 0 fully saturated rings. The fraction of sp³-hybridized carbons (Fsp3) is 0.111. The zero-order chi connectivity index (χ0) is 19.6. The van der Waals surface area contributed by atoms with Crippen LogP contribution >= 0.6 is 0 Å². The number of non-ortho nitro benzene ring substituents is 1. The molecule has 0 radical (unpaired) electrons. The van der Waals surface area contributed by atoms with E-state index >= 15 is 0 Å². The second-order valence-corrected chi connectivity index (χ2v) is 5.80. The van der Waals surface area contributed by atoms with Crippen LogP contribution in [-0.2, 0) is 6.42 Å². The van der Waals surface area contributed by atoms with Crippen molar-refractivity contribution in [2.45, 2.75) is 6.42 Å². The van der Waals surface area contributed by atoms with Gasteiger partial charge in [-0.05, 0) is 24.1 Å². The van der Waals surface area contributed by atoms with Crippen molar-refractivity contribution in [2.24, 2.45) is 0 Å². The van der Waals surface area contributed by atoms with E-state index in [1.165, 1.54) is 12.1 Å². The Hall–Kier alpha value is -3.88. The van der Waals surface area contributed by atoms with E-state index in [4.69, 9.17) is 0 Å². The molecule has 0 amide bonds. The highest BCUT2D eigenvalue weighted by atomic mass is 16.6. The van der Waals surface area contributed by atoms with Crippen molar-refractivity contribution in [3.63, 3.8) is 0 Å². The molecule has 0 aliphatic rings. The number of nitro groups is 1. The van der Waals surface area contributed by atoms with Gasteiger partial charge in [-0.15, -0.1) is 0 Å². The summed E-state index contributed by atoms with van der Waals surface area (Å²) < 4.78 is 0. The van der Waals surface area contributed by atoms with E-state index in [1.807, 2.05) is 6.07 Å². The van der Waals surface area contributed by atoms with Crippen LogP contribution in [0.25, 0.3) is 10.9 Å². The summed E-state index contributed by atoms with van der Waals surface area (Å²) in [6.45, 7) is 0.250. The molecule has 9 nitrogen and oxygen atoms in total. The van der Waals surface area contributed by atoms with Crippen LogP contribution in [0.2, 0.25) is 0 Å². The average Bonchev–Trinajstić information content (AvgIpc) is 3.01. The molecule has 0 spiro atoms. The zero-order valence-corrected chi connectivity index (χ0v) is 13.9. The number of hydrogen-bond donors (Lipinski definition) is 4. The summed E-state index contributed by atoms with van der Waals surface area (Å²) in [7, 11) is 0. The molecule has 0 saturated carbocycles. The minimum Gasteiger partial charge on any atom is -0.478 e. The Morgan fingerprint density at radius 2 is 1.85 bits per heavy atom. The Labute approximate surface area is 152 Å². The molecule has 0 aliphatic heterocycles. The number of aromatic nitrogens is 1. The van der Waals surface area contributed by atoms with Crippen LogP contribution in [0.5, 0.6) is 0 Å². The van der Waals surface area contributed by atoms with Gasteiger partial charge in [0.15, 0.2) is 0 Å². The van der Waals surface area contributed by atoms with E-state index < -0.39 is 16.9 Å². The fourth-order valence-electron chi connectivity index (χ4n) is 2.94. The number of nitrogens with zero attached hydrogens (tertiary/aromatic N) is 1. The van der Waals surface area contributed by atoms with Gasteiger partial charge in [0.2, 0.25) is 0 Å². The number of nitro benzene ring substituents is 1. The van der Waals surface area contributed by atoms with Crippen molar-refractivity contribution in [3.05, 3.63) is 69.4 Å². The predicted octanol–water partition coefficient (Wildman–Crippen LogP) is 3.13. The molecular weight excluding hydrogens is 354 g/mol. The third-order valence-corrected chi connectivity index (χ3v) is 4.16. The summed E-state index contributed by atoms with van der Waals surface area (Å²) in [6.07, 6.45) is 0.321. The molecule has 138 valence electrons. The van der Waals surface area contributed by atoms with E-state index in [0.717, 1.165) is 11.5 Å². The number of anilines is 1. The van der Waals surface area contributed by atoms with Crippen LogP contribution in [-0.4, -0.2) is 38.6 Å². The number of aromatic amines is 1. The summed E-state index contributed by atoms with van der Waals surface area (Å²) >= 11 is 0. The van der Waals surface area contributed by atoms with Gasteiger partial charge in [0.1, 0.15) is 5.69 Å². The third-order valence-electron chi connectivity index (χ3n) is 4.16. The molecule has 3 rings (SSSR count). The normalized spacial score (nSPS) is 10.7. The first-order valence-electron chi connectivity index (χ1n) is 7.97. The zero-order valence-electron chi connectivity index (χ0n) is 13.9. The average molecular weight is 369 g/mol. The molecule has 0 unspecified atom stereocenters. The van der Waals surface area contributed by atoms with Crippen LogP contribution in [0.1, 0.15) is 26.4 Å². The standard InChI is InChI=1S/C18H15N3O6/c22-17(23)13-9-10(21(26)27)5-6-14(13)19-8-7-12-11-3-1-2-4-15(11)20-16(12)18(24)25/h1-6,9,19-20H,7-8H2,(H,22,23)(H,24,25). The smallest absolute Gasteiger partial charge is 0.352 e. The predicted molar refractivity (Wildman–Crippen MR) is 97.5 cm³/mol. The quantitative estimate of drug-likeness (QED) is 0.370. The van der Waals surface area contributed by atoms with Gasteiger partial charge in [-0.3, -0.25) is 10.1 Å². The van der Waals surface area contributed by atoms with Gasteiger partial charge >= 0.3 is 11.9 Å². The molecule has 0 bridgehead atoms. The minimum absolute atomic E-state index is 0.0835. The van der Waals surface area contributed by atoms with Crippen molar-refractivity contribution in [2.75, 3.05) is 11.9 Å². The number of hydrogen-bond acceptors (Lipinski definition) is 5. The van der Waals surface area contributed by atoms with Crippen molar-refractivity contribution < 1.29 is 24.7 Å². The Bertz CT molecular complexity index is 1060. The Morgan fingerprint density at radius 1 is 1.11 bits per heavy atom. The number of aromatic carboxylic acids is 2. The molecule has 0 aliphatic carbocycles. The van der Waals surface area contributed by atoms with Gasteiger partial charge in [-0.25, -0.2) is 9.59 Å². The number of carbonyl (C=O) groups is 2. The fourth-order valence-corrected chi connectivity index (χ4v) is 2.94. The molecule has 0 atom stereocenters. The van der Waals surface area contributed by atoms with E-state index in [-0.39, 0.29) is 29.2 Å². The highest BCUT2D eigenvalue weighted by Crippen LogP contribution is 2.25. The van der Waals surface area contributed by atoms with Crippen molar-refractivity contribution in [3.8, 4) is 0 Å². The molecule has 1 aromatic heterocycles. The molecule has 3 aromatic rings. The molecule has 4 N–H and O–H groups in total. The van der Waals surface area contributed by atoms with Crippen LogP contribution in [0.3, 0.4) is 0 Å². The maximum atomic E-state index is 11.5. The maximum absolute atomic E-state index is 11.5. The summed E-state index contributed by atoms with van der Waals surface area (Å²) in [5, 5.41) is 33.2. The molecule has 27 heavy (non-hydrogen) atoms. The third kappa shape index (κ3) is 3.56. The number of carboxylic acid groups (broad SMARTS) is 2. The topological polar surface area (TPSA) is 146 Å². The minimum atomic E-state index is -1.29. The van der Waals surface area contributed by atoms with E-state index in [2.05, 4.69) is 10.3 Å². The second-order valence-electron chi connectivity index (χ2n) is 5.80. The first-order valence-corrected chi connectivity index (χ1v) is 7.97. The Balaban J connectivity index is 1.84. The van der Waals surface area contributed by atoms with Crippen molar-refractivity contribution in [1.82, 2.24) is 4.98 Å². The van der Waals surface area contributed by atoms with Gasteiger partial charge in [-0.2, -0.15) is 0 Å². The van der Waals surface area contributed by atoms with E-state index in [0.29, 0.717) is 17.5 Å². The number of H-pyrrole nitrogens is 1. The van der Waals surface area contributed by atoms with Crippen molar-refractivity contribution in [1.29, 1.82) is 0 Å². The maximum Gasteiger partial charge on any atom is 0.352 e. The molecule has 2 aromatic carbocycles. The highest BCUT2D eigenvalue weighted by Gasteiger charge is 2.18. The summed E-state index contributed by atoms with van der Waals surface area (Å²) in [5.74, 6) is -2.37. The lowest BCUT2D eigenvalue weighted by Gasteiger charge is -2.10.